The van der Waals surface area contributed by atoms with Crippen LogP contribution in [0.5, 0.6) is 5.75 Å². The van der Waals surface area contributed by atoms with Crippen molar-refractivity contribution in [1.29, 1.82) is 0 Å². The summed E-state index contributed by atoms with van der Waals surface area (Å²) in [6.07, 6.45) is 0.850. The van der Waals surface area contributed by atoms with Crippen LogP contribution in [0.3, 0.4) is 0 Å². The van der Waals surface area contributed by atoms with Gasteiger partial charge in [-0.1, -0.05) is 30.7 Å². The molecule has 0 saturated heterocycles. The van der Waals surface area contributed by atoms with Crippen LogP contribution in [0.1, 0.15) is 23.9 Å². The van der Waals surface area contributed by atoms with E-state index in [2.05, 4.69) is 23.4 Å². The summed E-state index contributed by atoms with van der Waals surface area (Å²) in [4.78, 5) is 0. The zero-order chi connectivity index (χ0) is 14.5. The van der Waals surface area contributed by atoms with E-state index in [0.29, 0.717) is 6.54 Å². The molecule has 0 aliphatic heterocycles. The van der Waals surface area contributed by atoms with Crippen LogP contribution in [0.4, 0.5) is 0 Å². The molecule has 2 aromatic rings. The first kappa shape index (κ1) is 14.9. The van der Waals surface area contributed by atoms with Crippen LogP contribution in [-0.2, 0) is 26.6 Å². The molecule has 1 N–H and O–H groups in total. The van der Waals surface area contributed by atoms with Gasteiger partial charge in [0.25, 0.3) is 0 Å². The quantitative estimate of drug-likeness (QED) is 0.890. The van der Waals surface area contributed by atoms with Crippen LogP contribution in [-0.4, -0.2) is 16.9 Å². The first-order valence-corrected chi connectivity index (χ1v) is 7.07. The number of hydrogen-bond donors (Lipinski definition) is 1. The predicted octanol–water partition coefficient (Wildman–Crippen LogP) is 2.93. The summed E-state index contributed by atoms with van der Waals surface area (Å²) in [5.74, 6) is 0.871. The summed E-state index contributed by atoms with van der Waals surface area (Å²) in [5, 5.41) is 8.57. The molecule has 108 valence electrons. The lowest BCUT2D eigenvalue weighted by atomic mass is 10.2. The van der Waals surface area contributed by atoms with E-state index in [1.165, 1.54) is 5.56 Å². The number of hydrogen-bond acceptors (Lipinski definition) is 3. The first-order valence-electron chi connectivity index (χ1n) is 6.69. The van der Waals surface area contributed by atoms with Gasteiger partial charge in [-0.25, -0.2) is 0 Å². The maximum Gasteiger partial charge on any atom is 0.119 e. The third-order valence-corrected chi connectivity index (χ3v) is 3.69. The Morgan fingerprint density at radius 1 is 1.35 bits per heavy atom. The van der Waals surface area contributed by atoms with Gasteiger partial charge < -0.3 is 10.1 Å². The average molecular weight is 294 g/mol. The van der Waals surface area contributed by atoms with Crippen molar-refractivity contribution in [1.82, 2.24) is 15.1 Å². The van der Waals surface area contributed by atoms with E-state index in [-0.39, 0.29) is 0 Å². The summed E-state index contributed by atoms with van der Waals surface area (Å²) < 4.78 is 7.06. The van der Waals surface area contributed by atoms with Gasteiger partial charge in [-0.15, -0.1) is 0 Å². The van der Waals surface area contributed by atoms with Gasteiger partial charge in [0, 0.05) is 20.1 Å². The molecule has 0 atom stereocenters. The van der Waals surface area contributed by atoms with Crippen molar-refractivity contribution in [3.05, 3.63) is 46.2 Å². The minimum Gasteiger partial charge on any atom is -0.497 e. The van der Waals surface area contributed by atoms with E-state index in [4.69, 9.17) is 16.3 Å². The lowest BCUT2D eigenvalue weighted by Gasteiger charge is -2.07. The van der Waals surface area contributed by atoms with Crippen molar-refractivity contribution in [2.24, 2.45) is 7.05 Å². The Hall–Kier alpha value is -1.52. The highest BCUT2D eigenvalue weighted by atomic mass is 35.5. The van der Waals surface area contributed by atoms with Gasteiger partial charge in [0.2, 0.25) is 0 Å². The Labute approximate surface area is 124 Å². The van der Waals surface area contributed by atoms with Crippen LogP contribution in [0.25, 0.3) is 0 Å². The summed E-state index contributed by atoms with van der Waals surface area (Å²) in [7, 11) is 3.60. The number of benzene rings is 1. The molecule has 0 amide bonds. The van der Waals surface area contributed by atoms with Crippen molar-refractivity contribution < 1.29 is 4.74 Å². The van der Waals surface area contributed by atoms with Gasteiger partial charge in [0.15, 0.2) is 0 Å². The molecule has 1 aromatic carbocycles. The third kappa shape index (κ3) is 3.32. The number of halogens is 1. The zero-order valence-corrected chi connectivity index (χ0v) is 12.9. The van der Waals surface area contributed by atoms with Crippen LogP contribution in [0, 0.1) is 0 Å². The standard InChI is InChI=1S/C15H20ClN3O/c1-4-13-15(16)14(19(2)18-13)10-17-9-11-6-5-7-12(8-11)20-3/h5-8,17H,4,9-10H2,1-3H3. The Bertz CT molecular complexity index is 580. The molecule has 0 aliphatic carbocycles. The number of ether oxygens (including phenoxy) is 1. The first-order chi connectivity index (χ1) is 9.65. The summed E-state index contributed by atoms with van der Waals surface area (Å²) in [6, 6.07) is 8.02. The van der Waals surface area contributed by atoms with Crippen molar-refractivity contribution in [2.45, 2.75) is 26.4 Å². The molecule has 0 fully saturated rings. The SMILES string of the molecule is CCc1nn(C)c(CNCc2cccc(OC)c2)c1Cl. The molecule has 5 heteroatoms. The Kier molecular flexibility index (Phi) is 5.04. The fourth-order valence-electron chi connectivity index (χ4n) is 2.12. The van der Waals surface area contributed by atoms with E-state index in [9.17, 15) is 0 Å². The topological polar surface area (TPSA) is 39.1 Å². The molecule has 2 rings (SSSR count). The summed E-state index contributed by atoms with van der Waals surface area (Å²) in [5.41, 5.74) is 3.15. The van der Waals surface area contributed by atoms with Crippen molar-refractivity contribution in [3.63, 3.8) is 0 Å². The molecule has 4 nitrogen and oxygen atoms in total. The second-order valence-electron chi connectivity index (χ2n) is 4.64. The number of aromatic nitrogens is 2. The highest BCUT2D eigenvalue weighted by Gasteiger charge is 2.12. The number of methoxy groups -OCH3 is 1. The van der Waals surface area contributed by atoms with Crippen molar-refractivity contribution in [3.8, 4) is 5.75 Å². The van der Waals surface area contributed by atoms with Gasteiger partial charge in [-0.3, -0.25) is 4.68 Å². The zero-order valence-electron chi connectivity index (χ0n) is 12.1. The molecule has 0 unspecified atom stereocenters. The highest BCUT2D eigenvalue weighted by molar-refractivity contribution is 6.31. The summed E-state index contributed by atoms with van der Waals surface area (Å²) in [6.45, 7) is 3.52. The van der Waals surface area contributed by atoms with Gasteiger partial charge in [0.1, 0.15) is 5.75 Å². The second kappa shape index (κ2) is 6.77. The van der Waals surface area contributed by atoms with E-state index in [1.54, 1.807) is 7.11 Å². The molecule has 1 aromatic heterocycles. The van der Waals surface area contributed by atoms with Crippen LogP contribution in [0.15, 0.2) is 24.3 Å². The number of rotatable bonds is 6. The minimum atomic E-state index is 0.694. The van der Waals surface area contributed by atoms with Crippen LogP contribution in [0.2, 0.25) is 5.02 Å². The van der Waals surface area contributed by atoms with Gasteiger partial charge >= 0.3 is 0 Å². The van der Waals surface area contributed by atoms with Crippen molar-refractivity contribution >= 4 is 11.6 Å². The van der Waals surface area contributed by atoms with Crippen molar-refractivity contribution in [2.75, 3.05) is 7.11 Å². The molecular formula is C15H20ClN3O. The molecular weight excluding hydrogens is 274 g/mol. The molecule has 0 radical (unpaired) electrons. The van der Waals surface area contributed by atoms with Gasteiger partial charge in [-0.05, 0) is 24.1 Å². The minimum absolute atomic E-state index is 0.694. The summed E-state index contributed by atoms with van der Waals surface area (Å²) >= 11 is 6.32. The molecule has 0 spiro atoms. The molecule has 0 saturated carbocycles. The highest BCUT2D eigenvalue weighted by Crippen LogP contribution is 2.20. The number of nitrogens with zero attached hydrogens (tertiary/aromatic N) is 2. The Balaban J connectivity index is 1.97. The smallest absolute Gasteiger partial charge is 0.119 e. The predicted molar refractivity (Wildman–Crippen MR) is 81.1 cm³/mol. The van der Waals surface area contributed by atoms with E-state index >= 15 is 0 Å². The van der Waals surface area contributed by atoms with Crippen LogP contribution < -0.4 is 10.1 Å². The van der Waals surface area contributed by atoms with E-state index in [1.807, 2.05) is 29.9 Å². The normalized spacial score (nSPS) is 10.8. The molecule has 0 aliphatic rings. The van der Waals surface area contributed by atoms with Gasteiger partial charge in [0.05, 0.1) is 23.5 Å². The molecule has 20 heavy (non-hydrogen) atoms. The van der Waals surface area contributed by atoms with E-state index < -0.39 is 0 Å². The average Bonchev–Trinajstić information content (AvgIpc) is 2.74. The fourth-order valence-corrected chi connectivity index (χ4v) is 2.48. The largest absolute Gasteiger partial charge is 0.497 e. The van der Waals surface area contributed by atoms with E-state index in [0.717, 1.165) is 35.1 Å². The maximum atomic E-state index is 6.32. The van der Waals surface area contributed by atoms with Gasteiger partial charge in [-0.2, -0.15) is 5.10 Å². The maximum absolute atomic E-state index is 6.32. The second-order valence-corrected chi connectivity index (χ2v) is 5.02. The lowest BCUT2D eigenvalue weighted by Crippen LogP contribution is -2.15. The third-order valence-electron chi connectivity index (χ3n) is 3.26. The number of nitrogens with one attached hydrogen (secondary N) is 1. The monoisotopic (exact) mass is 293 g/mol. The molecule has 0 bridgehead atoms. The Morgan fingerprint density at radius 2 is 2.15 bits per heavy atom. The lowest BCUT2D eigenvalue weighted by molar-refractivity contribution is 0.414. The fraction of sp³-hybridized carbons (Fsp3) is 0.400. The molecule has 1 heterocycles. The van der Waals surface area contributed by atoms with Crippen LogP contribution >= 0.6 is 11.6 Å². The number of aryl methyl sites for hydroxylation is 2. The Morgan fingerprint density at radius 3 is 2.80 bits per heavy atom.